The third-order valence-electron chi connectivity index (χ3n) is 2.70. The molecule has 18 heavy (non-hydrogen) atoms. The quantitative estimate of drug-likeness (QED) is 0.834. The van der Waals surface area contributed by atoms with Crippen LogP contribution in [0.25, 0.3) is 0 Å². The van der Waals surface area contributed by atoms with Gasteiger partial charge in [-0.3, -0.25) is 4.79 Å². The fraction of sp³-hybridized carbons (Fsp3) is 0.500. The van der Waals surface area contributed by atoms with E-state index in [1.807, 2.05) is 0 Å². The predicted molar refractivity (Wildman–Crippen MR) is 73.5 cm³/mol. The average Bonchev–Trinajstić information content (AvgIpc) is 2.34. The molecule has 1 aromatic carbocycles. The molecule has 1 unspecified atom stereocenters. The topological polar surface area (TPSA) is 49.3 Å². The van der Waals surface area contributed by atoms with Gasteiger partial charge in [0.2, 0.25) is 5.91 Å². The molecule has 4 heteroatoms. The molecule has 2 N–H and O–H groups in total. The maximum atomic E-state index is 11.5. The van der Waals surface area contributed by atoms with E-state index >= 15 is 0 Å². The first-order valence-electron chi connectivity index (χ1n) is 6.19. The summed E-state index contributed by atoms with van der Waals surface area (Å²) >= 11 is 5.76. The third-order valence-corrected chi connectivity index (χ3v) is 2.95. The molecular formula is C14H20ClNO2. The predicted octanol–water partition coefficient (Wildman–Crippen LogP) is 2.93. The Morgan fingerprint density at radius 2 is 1.94 bits per heavy atom. The summed E-state index contributed by atoms with van der Waals surface area (Å²) in [7, 11) is 0. The molecule has 0 aromatic heterocycles. The van der Waals surface area contributed by atoms with Crippen molar-refractivity contribution in [2.75, 3.05) is 6.54 Å². The third kappa shape index (κ3) is 5.52. The molecule has 1 atom stereocenters. The molecule has 0 spiro atoms. The van der Waals surface area contributed by atoms with E-state index in [4.69, 9.17) is 11.6 Å². The largest absolute Gasteiger partial charge is 0.387 e. The zero-order chi connectivity index (χ0) is 13.5. The molecule has 0 saturated carbocycles. The maximum absolute atomic E-state index is 11.5. The molecule has 0 radical (unpaired) electrons. The summed E-state index contributed by atoms with van der Waals surface area (Å²) in [6.45, 7) is 4.39. The molecule has 100 valence electrons. The molecule has 0 aliphatic heterocycles. The van der Waals surface area contributed by atoms with Crippen molar-refractivity contribution in [2.24, 2.45) is 5.92 Å². The first kappa shape index (κ1) is 15.0. The number of carbonyl (C=O) groups excluding carboxylic acids is 1. The Hall–Kier alpha value is -1.06. The number of benzene rings is 1. The SMILES string of the molecule is CC(C)CCC(=O)NCC(O)c1ccc(Cl)cc1. The van der Waals surface area contributed by atoms with E-state index in [0.29, 0.717) is 17.4 Å². The number of carbonyl (C=O) groups is 1. The number of halogens is 1. The standard InChI is InChI=1S/C14H20ClNO2/c1-10(2)3-8-14(18)16-9-13(17)11-4-6-12(15)7-5-11/h4-7,10,13,17H,3,8-9H2,1-2H3,(H,16,18). The van der Waals surface area contributed by atoms with Crippen LogP contribution in [0.2, 0.25) is 5.02 Å². The lowest BCUT2D eigenvalue weighted by molar-refractivity contribution is -0.121. The Bertz CT molecular complexity index is 376. The molecular weight excluding hydrogens is 250 g/mol. The monoisotopic (exact) mass is 269 g/mol. The molecule has 0 saturated heterocycles. The van der Waals surface area contributed by atoms with E-state index in [-0.39, 0.29) is 12.5 Å². The molecule has 1 rings (SSSR count). The molecule has 0 fully saturated rings. The summed E-state index contributed by atoms with van der Waals surface area (Å²) in [6, 6.07) is 6.96. The van der Waals surface area contributed by atoms with Crippen molar-refractivity contribution in [3.8, 4) is 0 Å². The highest BCUT2D eigenvalue weighted by molar-refractivity contribution is 6.30. The zero-order valence-corrected chi connectivity index (χ0v) is 11.6. The number of amides is 1. The number of nitrogens with one attached hydrogen (secondary N) is 1. The van der Waals surface area contributed by atoms with Crippen LogP contribution in [-0.2, 0) is 4.79 Å². The Morgan fingerprint density at radius 3 is 2.50 bits per heavy atom. The van der Waals surface area contributed by atoms with Gasteiger partial charge in [-0.1, -0.05) is 37.6 Å². The van der Waals surface area contributed by atoms with Gasteiger partial charge >= 0.3 is 0 Å². The first-order valence-corrected chi connectivity index (χ1v) is 6.57. The van der Waals surface area contributed by atoms with E-state index in [2.05, 4.69) is 19.2 Å². The highest BCUT2D eigenvalue weighted by Gasteiger charge is 2.09. The lowest BCUT2D eigenvalue weighted by atomic mass is 10.1. The van der Waals surface area contributed by atoms with Gasteiger partial charge in [0.25, 0.3) is 0 Å². The second-order valence-electron chi connectivity index (χ2n) is 4.80. The average molecular weight is 270 g/mol. The summed E-state index contributed by atoms with van der Waals surface area (Å²) in [6.07, 6.45) is 0.679. The van der Waals surface area contributed by atoms with E-state index in [9.17, 15) is 9.90 Å². The van der Waals surface area contributed by atoms with Gasteiger partial charge in [0.1, 0.15) is 0 Å². The summed E-state index contributed by atoms with van der Waals surface area (Å²) in [4.78, 5) is 11.5. The van der Waals surface area contributed by atoms with E-state index in [1.54, 1.807) is 24.3 Å². The minimum atomic E-state index is -0.690. The van der Waals surface area contributed by atoms with Crippen molar-refractivity contribution in [2.45, 2.75) is 32.8 Å². The highest BCUT2D eigenvalue weighted by Crippen LogP contribution is 2.15. The summed E-state index contributed by atoms with van der Waals surface area (Å²) in [5.74, 6) is 0.494. The fourth-order valence-corrected chi connectivity index (χ4v) is 1.65. The minimum Gasteiger partial charge on any atom is -0.387 e. The normalized spacial score (nSPS) is 12.5. The summed E-state index contributed by atoms with van der Waals surface area (Å²) in [5, 5.41) is 13.2. The van der Waals surface area contributed by atoms with E-state index in [0.717, 1.165) is 12.0 Å². The van der Waals surface area contributed by atoms with Crippen molar-refractivity contribution in [3.63, 3.8) is 0 Å². The minimum absolute atomic E-state index is 0.0169. The van der Waals surface area contributed by atoms with Gasteiger partial charge in [-0.2, -0.15) is 0 Å². The maximum Gasteiger partial charge on any atom is 0.220 e. The van der Waals surface area contributed by atoms with E-state index in [1.165, 1.54) is 0 Å². The van der Waals surface area contributed by atoms with Crippen molar-refractivity contribution >= 4 is 17.5 Å². The smallest absolute Gasteiger partial charge is 0.220 e. The molecule has 1 amide bonds. The Labute approximate surface area is 113 Å². The molecule has 3 nitrogen and oxygen atoms in total. The van der Waals surface area contributed by atoms with Crippen LogP contribution in [0.15, 0.2) is 24.3 Å². The van der Waals surface area contributed by atoms with Crippen LogP contribution in [-0.4, -0.2) is 17.6 Å². The number of rotatable bonds is 6. The van der Waals surface area contributed by atoms with Crippen molar-refractivity contribution in [1.29, 1.82) is 0 Å². The molecule has 1 aromatic rings. The van der Waals surface area contributed by atoms with Gasteiger partial charge in [-0.15, -0.1) is 0 Å². The molecule has 0 aliphatic carbocycles. The number of aliphatic hydroxyl groups is 1. The van der Waals surface area contributed by atoms with Crippen LogP contribution in [0.4, 0.5) is 0 Å². The van der Waals surface area contributed by atoms with Crippen LogP contribution in [0.1, 0.15) is 38.4 Å². The van der Waals surface area contributed by atoms with Gasteiger partial charge in [-0.25, -0.2) is 0 Å². The summed E-state index contributed by atoms with van der Waals surface area (Å²) in [5.41, 5.74) is 0.753. The second-order valence-corrected chi connectivity index (χ2v) is 5.24. The van der Waals surface area contributed by atoms with Crippen LogP contribution >= 0.6 is 11.6 Å². The Morgan fingerprint density at radius 1 is 1.33 bits per heavy atom. The van der Waals surface area contributed by atoms with Gasteiger partial charge < -0.3 is 10.4 Å². The Balaban J connectivity index is 2.34. The van der Waals surface area contributed by atoms with Gasteiger partial charge in [0.15, 0.2) is 0 Å². The highest BCUT2D eigenvalue weighted by atomic mass is 35.5. The van der Waals surface area contributed by atoms with Crippen LogP contribution in [0.5, 0.6) is 0 Å². The number of hydrogen-bond donors (Lipinski definition) is 2. The summed E-state index contributed by atoms with van der Waals surface area (Å²) < 4.78 is 0. The van der Waals surface area contributed by atoms with Gasteiger partial charge in [0, 0.05) is 18.0 Å². The van der Waals surface area contributed by atoms with Crippen molar-refractivity contribution in [1.82, 2.24) is 5.32 Å². The second kappa shape index (κ2) is 7.39. The molecule has 0 heterocycles. The van der Waals surface area contributed by atoms with Crippen LogP contribution in [0.3, 0.4) is 0 Å². The van der Waals surface area contributed by atoms with Crippen LogP contribution < -0.4 is 5.32 Å². The lowest BCUT2D eigenvalue weighted by Crippen LogP contribution is -2.28. The van der Waals surface area contributed by atoms with Crippen LogP contribution in [0, 0.1) is 5.92 Å². The fourth-order valence-electron chi connectivity index (χ4n) is 1.52. The molecule has 0 aliphatic rings. The molecule has 0 bridgehead atoms. The van der Waals surface area contributed by atoms with Crippen molar-refractivity contribution in [3.05, 3.63) is 34.9 Å². The zero-order valence-electron chi connectivity index (χ0n) is 10.8. The van der Waals surface area contributed by atoms with Gasteiger partial charge in [0.05, 0.1) is 6.10 Å². The number of hydrogen-bond acceptors (Lipinski definition) is 2. The first-order chi connectivity index (χ1) is 8.49. The van der Waals surface area contributed by atoms with Crippen molar-refractivity contribution < 1.29 is 9.90 Å². The Kier molecular flexibility index (Phi) is 6.16. The van der Waals surface area contributed by atoms with Gasteiger partial charge in [-0.05, 0) is 30.0 Å². The number of aliphatic hydroxyl groups excluding tert-OH is 1. The lowest BCUT2D eigenvalue weighted by Gasteiger charge is -2.12. The van der Waals surface area contributed by atoms with E-state index < -0.39 is 6.10 Å².